The van der Waals surface area contributed by atoms with Gasteiger partial charge in [0.25, 0.3) is 5.69 Å². The maximum atomic E-state index is 11.5. The molecule has 0 fully saturated rings. The molecular weight excluding hydrogens is 332 g/mol. The molecule has 0 bridgehead atoms. The Kier molecular flexibility index (Phi) is 7.01. The van der Waals surface area contributed by atoms with Gasteiger partial charge in [-0.2, -0.15) is 0 Å². The summed E-state index contributed by atoms with van der Waals surface area (Å²) in [7, 11) is 0. The van der Waals surface area contributed by atoms with Gasteiger partial charge in [-0.1, -0.05) is 0 Å². The van der Waals surface area contributed by atoms with Crippen LogP contribution in [0.4, 0.5) is 10.5 Å². The number of non-ortho nitro benzene ring substituents is 1. The topological polar surface area (TPSA) is 139 Å². The Bertz CT molecular complexity index is 640. The van der Waals surface area contributed by atoms with Crippen LogP contribution in [0.25, 0.3) is 0 Å². The molecule has 2 unspecified atom stereocenters. The minimum Gasteiger partial charge on any atom is -0.444 e. The van der Waals surface area contributed by atoms with Gasteiger partial charge in [-0.05, 0) is 38.8 Å². The van der Waals surface area contributed by atoms with E-state index in [4.69, 9.17) is 4.74 Å². The van der Waals surface area contributed by atoms with E-state index in [0.29, 0.717) is 6.29 Å². The largest absolute Gasteiger partial charge is 0.444 e. The van der Waals surface area contributed by atoms with Crippen molar-refractivity contribution in [1.82, 2.24) is 5.32 Å². The number of benzene rings is 1. The van der Waals surface area contributed by atoms with Crippen molar-refractivity contribution in [2.24, 2.45) is 0 Å². The number of hydrogen-bond donors (Lipinski definition) is 3. The summed E-state index contributed by atoms with van der Waals surface area (Å²) in [6.07, 6.45) is -3.00. The van der Waals surface area contributed by atoms with Crippen LogP contribution in [-0.4, -0.2) is 45.8 Å². The Morgan fingerprint density at radius 1 is 1.40 bits per heavy atom. The van der Waals surface area contributed by atoms with Crippen molar-refractivity contribution < 1.29 is 29.5 Å². The number of aliphatic hydroxyl groups is 2. The van der Waals surface area contributed by atoms with Gasteiger partial charge in [0.15, 0.2) is 6.29 Å². The van der Waals surface area contributed by atoms with Crippen LogP contribution in [0.15, 0.2) is 18.2 Å². The van der Waals surface area contributed by atoms with Crippen molar-refractivity contribution in [2.75, 3.05) is 6.54 Å². The zero-order valence-electron chi connectivity index (χ0n) is 14.3. The van der Waals surface area contributed by atoms with Gasteiger partial charge in [0, 0.05) is 24.2 Å². The number of hydrogen-bond acceptors (Lipinski definition) is 7. The maximum absolute atomic E-state index is 11.5. The van der Waals surface area contributed by atoms with E-state index in [-0.39, 0.29) is 29.8 Å². The zero-order chi connectivity index (χ0) is 19.2. The molecule has 0 spiro atoms. The van der Waals surface area contributed by atoms with Crippen LogP contribution in [-0.2, 0) is 4.74 Å². The first-order valence-corrected chi connectivity index (χ1v) is 7.61. The van der Waals surface area contributed by atoms with Gasteiger partial charge >= 0.3 is 6.09 Å². The normalized spacial score (nSPS) is 13.6. The minimum atomic E-state index is -1.43. The maximum Gasteiger partial charge on any atom is 0.407 e. The summed E-state index contributed by atoms with van der Waals surface area (Å²) < 4.78 is 5.03. The van der Waals surface area contributed by atoms with Crippen molar-refractivity contribution in [3.63, 3.8) is 0 Å². The molecule has 1 rings (SSSR count). The molecule has 0 saturated carbocycles. The molecule has 25 heavy (non-hydrogen) atoms. The third kappa shape index (κ3) is 6.48. The fourth-order valence-electron chi connectivity index (χ4n) is 2.05. The van der Waals surface area contributed by atoms with E-state index in [9.17, 15) is 29.9 Å². The summed E-state index contributed by atoms with van der Waals surface area (Å²) in [6.45, 7) is 5.17. The smallest absolute Gasteiger partial charge is 0.407 e. The Morgan fingerprint density at radius 2 is 2.04 bits per heavy atom. The molecule has 1 aromatic carbocycles. The highest BCUT2D eigenvalue weighted by Crippen LogP contribution is 2.25. The number of ether oxygens (including phenoxy) is 1. The van der Waals surface area contributed by atoms with Crippen LogP contribution in [0.1, 0.15) is 49.2 Å². The van der Waals surface area contributed by atoms with E-state index < -0.39 is 28.8 Å². The van der Waals surface area contributed by atoms with Gasteiger partial charge in [-0.15, -0.1) is 0 Å². The number of aliphatic hydroxyl groups excluding tert-OH is 2. The van der Waals surface area contributed by atoms with Crippen LogP contribution in [0, 0.1) is 10.1 Å². The lowest BCUT2D eigenvalue weighted by Gasteiger charge is -2.21. The van der Waals surface area contributed by atoms with Gasteiger partial charge in [-0.25, -0.2) is 4.79 Å². The van der Waals surface area contributed by atoms with Crippen molar-refractivity contribution in [3.8, 4) is 0 Å². The van der Waals surface area contributed by atoms with Gasteiger partial charge < -0.3 is 20.3 Å². The number of aldehydes is 1. The molecule has 1 amide bonds. The third-order valence-corrected chi connectivity index (χ3v) is 3.20. The quantitative estimate of drug-likeness (QED) is 0.385. The predicted molar refractivity (Wildman–Crippen MR) is 88.3 cm³/mol. The number of alkyl carbamates (subject to hydrolysis) is 1. The number of carbonyl (C=O) groups excluding carboxylic acids is 2. The number of nitro groups is 1. The molecule has 0 heterocycles. The van der Waals surface area contributed by atoms with Crippen LogP contribution >= 0.6 is 0 Å². The van der Waals surface area contributed by atoms with Crippen LogP contribution in [0.2, 0.25) is 0 Å². The highest BCUT2D eigenvalue weighted by atomic mass is 16.6. The standard InChI is InChI=1S/C16H22N2O7/c1-16(2,3)25-15(22)17-7-6-13(20)14(21)12-5-4-11(18(23)24)8-10(12)9-19/h4-5,8-9,13-14,20-21H,6-7H2,1-3H3,(H,17,22). The summed E-state index contributed by atoms with van der Waals surface area (Å²) in [5.74, 6) is 0. The van der Waals surface area contributed by atoms with Gasteiger partial charge in [0.1, 0.15) is 11.7 Å². The number of carbonyl (C=O) groups is 2. The predicted octanol–water partition coefficient (Wildman–Crippen LogP) is 1.72. The van der Waals surface area contributed by atoms with Gasteiger partial charge in [-0.3, -0.25) is 14.9 Å². The lowest BCUT2D eigenvalue weighted by molar-refractivity contribution is -0.384. The number of nitrogens with zero attached hydrogens (tertiary/aromatic N) is 1. The van der Waals surface area contributed by atoms with Crippen molar-refractivity contribution in [3.05, 3.63) is 39.4 Å². The second-order valence-corrected chi connectivity index (χ2v) is 6.42. The molecular formula is C16H22N2O7. The second kappa shape index (κ2) is 8.54. The summed E-state index contributed by atoms with van der Waals surface area (Å²) in [4.78, 5) is 32.6. The molecule has 0 radical (unpaired) electrons. The summed E-state index contributed by atoms with van der Waals surface area (Å²) in [5.41, 5.74) is -0.954. The summed E-state index contributed by atoms with van der Waals surface area (Å²) in [5, 5.41) is 33.3. The molecule has 0 aliphatic rings. The molecule has 1 aromatic rings. The Balaban J connectivity index is 2.67. The number of rotatable bonds is 7. The Morgan fingerprint density at radius 3 is 2.56 bits per heavy atom. The highest BCUT2D eigenvalue weighted by molar-refractivity contribution is 5.79. The lowest BCUT2D eigenvalue weighted by Crippen LogP contribution is -2.34. The molecule has 9 heteroatoms. The van der Waals surface area contributed by atoms with Crippen molar-refractivity contribution in [2.45, 2.75) is 45.0 Å². The molecule has 0 saturated heterocycles. The minimum absolute atomic E-state index is 0.00427. The molecule has 9 nitrogen and oxygen atoms in total. The monoisotopic (exact) mass is 354 g/mol. The average Bonchev–Trinajstić information content (AvgIpc) is 2.51. The van der Waals surface area contributed by atoms with Crippen molar-refractivity contribution >= 4 is 18.1 Å². The Labute approximate surface area is 144 Å². The SMILES string of the molecule is CC(C)(C)OC(=O)NCCC(O)C(O)c1ccc([N+](=O)[O-])cc1C=O. The highest BCUT2D eigenvalue weighted by Gasteiger charge is 2.23. The average molecular weight is 354 g/mol. The molecule has 0 aliphatic carbocycles. The fourth-order valence-corrected chi connectivity index (χ4v) is 2.05. The van der Waals surface area contributed by atoms with E-state index in [0.717, 1.165) is 12.1 Å². The van der Waals surface area contributed by atoms with Gasteiger partial charge in [0.05, 0.1) is 11.0 Å². The van der Waals surface area contributed by atoms with E-state index in [1.54, 1.807) is 20.8 Å². The summed E-state index contributed by atoms with van der Waals surface area (Å²) in [6, 6.07) is 3.38. The number of nitrogens with one attached hydrogen (secondary N) is 1. The Hall–Kier alpha value is -2.52. The molecule has 0 aliphatic heterocycles. The second-order valence-electron chi connectivity index (χ2n) is 6.42. The van der Waals surface area contributed by atoms with Crippen LogP contribution in [0.3, 0.4) is 0 Å². The third-order valence-electron chi connectivity index (χ3n) is 3.20. The number of nitro benzene ring substituents is 1. The number of amides is 1. The first-order chi connectivity index (χ1) is 11.5. The fraction of sp³-hybridized carbons (Fsp3) is 0.500. The van der Waals surface area contributed by atoms with Gasteiger partial charge in [0.2, 0.25) is 0 Å². The van der Waals surface area contributed by atoms with E-state index in [2.05, 4.69) is 5.32 Å². The zero-order valence-corrected chi connectivity index (χ0v) is 14.3. The first kappa shape index (κ1) is 20.5. The van der Waals surface area contributed by atoms with Crippen molar-refractivity contribution in [1.29, 1.82) is 0 Å². The molecule has 2 atom stereocenters. The van der Waals surface area contributed by atoms with E-state index >= 15 is 0 Å². The summed E-state index contributed by atoms with van der Waals surface area (Å²) >= 11 is 0. The van der Waals surface area contributed by atoms with Crippen LogP contribution < -0.4 is 5.32 Å². The molecule has 138 valence electrons. The van der Waals surface area contributed by atoms with E-state index in [1.807, 2.05) is 0 Å². The first-order valence-electron chi connectivity index (χ1n) is 7.61. The van der Waals surface area contributed by atoms with Crippen LogP contribution in [0.5, 0.6) is 0 Å². The lowest BCUT2D eigenvalue weighted by atomic mass is 9.97. The van der Waals surface area contributed by atoms with E-state index in [1.165, 1.54) is 6.07 Å². The molecule has 3 N–H and O–H groups in total. The molecule has 0 aromatic heterocycles.